The van der Waals surface area contributed by atoms with E-state index < -0.39 is 23.6 Å². The molecule has 1 unspecified atom stereocenters. The first kappa shape index (κ1) is 22.3. The fourth-order valence-electron chi connectivity index (χ4n) is 3.52. The maximum Gasteiger partial charge on any atom is 0.407 e. The van der Waals surface area contributed by atoms with Crippen LogP contribution in [-0.2, 0) is 14.3 Å². The Morgan fingerprint density at radius 2 is 1.58 bits per heavy atom. The molecule has 0 aromatic heterocycles. The zero-order valence-corrected chi connectivity index (χ0v) is 17.3. The molecule has 0 bridgehead atoms. The standard InChI is InChI=1S/C23H26N2O6/c1-23(30,21(27)28)14-25-20(26)11-6-12-24-22(29)31-13-19-17-9-4-2-7-15(17)16-8-3-5-10-18(16)19/h2-5,7-10,19,30H,6,11-14H2,1H3,(H,24,29)(H,25,26)(H,27,28). The summed E-state index contributed by atoms with van der Waals surface area (Å²) >= 11 is 0. The van der Waals surface area contributed by atoms with Gasteiger partial charge in [-0.3, -0.25) is 4.79 Å². The van der Waals surface area contributed by atoms with Gasteiger partial charge in [-0.25, -0.2) is 9.59 Å². The summed E-state index contributed by atoms with van der Waals surface area (Å²) in [6.45, 7) is 1.17. The number of carbonyl (C=O) groups is 3. The Bertz CT molecular complexity index is 927. The Kier molecular flexibility index (Phi) is 6.91. The lowest BCUT2D eigenvalue weighted by atomic mass is 9.98. The molecule has 2 aromatic rings. The molecule has 8 heteroatoms. The Balaban J connectivity index is 1.40. The molecule has 164 valence electrons. The van der Waals surface area contributed by atoms with Crippen LogP contribution in [0.5, 0.6) is 0 Å². The molecular weight excluding hydrogens is 400 g/mol. The van der Waals surface area contributed by atoms with E-state index in [0.29, 0.717) is 6.42 Å². The van der Waals surface area contributed by atoms with E-state index in [1.807, 2.05) is 36.4 Å². The number of benzene rings is 2. The van der Waals surface area contributed by atoms with Crippen LogP contribution in [0.1, 0.15) is 36.8 Å². The van der Waals surface area contributed by atoms with Gasteiger partial charge in [0.25, 0.3) is 0 Å². The molecule has 1 aliphatic carbocycles. The molecule has 31 heavy (non-hydrogen) atoms. The predicted octanol–water partition coefficient (Wildman–Crippen LogP) is 2.26. The fourth-order valence-corrected chi connectivity index (χ4v) is 3.52. The van der Waals surface area contributed by atoms with Crippen LogP contribution in [-0.4, -0.2) is 53.5 Å². The molecule has 0 fully saturated rings. The van der Waals surface area contributed by atoms with Crippen molar-refractivity contribution in [1.29, 1.82) is 0 Å². The van der Waals surface area contributed by atoms with Crippen molar-refractivity contribution >= 4 is 18.0 Å². The third-order valence-electron chi connectivity index (χ3n) is 5.28. The molecule has 2 amide bonds. The summed E-state index contributed by atoms with van der Waals surface area (Å²) in [6.07, 6.45) is -0.124. The number of nitrogens with one attached hydrogen (secondary N) is 2. The summed E-state index contributed by atoms with van der Waals surface area (Å²) in [5, 5.41) is 23.3. The monoisotopic (exact) mass is 426 g/mol. The quantitative estimate of drug-likeness (QED) is 0.456. The Morgan fingerprint density at radius 1 is 1.00 bits per heavy atom. The fraction of sp³-hybridized carbons (Fsp3) is 0.348. The van der Waals surface area contributed by atoms with E-state index in [2.05, 4.69) is 22.8 Å². The van der Waals surface area contributed by atoms with Crippen LogP contribution in [0, 0.1) is 0 Å². The SMILES string of the molecule is CC(O)(CNC(=O)CCCNC(=O)OCC1c2ccccc2-c2ccccc21)C(=O)O. The van der Waals surface area contributed by atoms with E-state index in [4.69, 9.17) is 9.84 Å². The van der Waals surface area contributed by atoms with Crippen molar-refractivity contribution in [3.63, 3.8) is 0 Å². The molecule has 4 N–H and O–H groups in total. The van der Waals surface area contributed by atoms with E-state index >= 15 is 0 Å². The van der Waals surface area contributed by atoms with Crippen molar-refractivity contribution in [3.05, 3.63) is 59.7 Å². The molecule has 0 saturated heterocycles. The van der Waals surface area contributed by atoms with Crippen molar-refractivity contribution in [2.24, 2.45) is 0 Å². The van der Waals surface area contributed by atoms with Gasteiger partial charge in [0.2, 0.25) is 5.91 Å². The topological polar surface area (TPSA) is 125 Å². The summed E-state index contributed by atoms with van der Waals surface area (Å²) < 4.78 is 5.42. The number of alkyl carbamates (subject to hydrolysis) is 1. The molecule has 3 rings (SSSR count). The van der Waals surface area contributed by atoms with Crippen molar-refractivity contribution in [1.82, 2.24) is 10.6 Å². The van der Waals surface area contributed by atoms with Crippen molar-refractivity contribution in [2.45, 2.75) is 31.3 Å². The van der Waals surface area contributed by atoms with Gasteiger partial charge < -0.3 is 25.6 Å². The minimum absolute atomic E-state index is 0.0223. The predicted molar refractivity (Wildman–Crippen MR) is 114 cm³/mol. The number of carboxylic acid groups (broad SMARTS) is 1. The number of carbonyl (C=O) groups excluding carboxylic acids is 2. The van der Waals surface area contributed by atoms with Gasteiger partial charge in [-0.15, -0.1) is 0 Å². The highest BCUT2D eigenvalue weighted by atomic mass is 16.5. The maximum absolute atomic E-state index is 12.1. The molecule has 8 nitrogen and oxygen atoms in total. The number of fused-ring (bicyclic) bond motifs is 3. The second kappa shape index (κ2) is 9.61. The number of aliphatic hydroxyl groups is 1. The van der Waals surface area contributed by atoms with E-state index in [0.717, 1.165) is 29.2 Å². The average Bonchev–Trinajstić information content (AvgIpc) is 3.07. The number of hydrogen-bond donors (Lipinski definition) is 4. The molecule has 0 aliphatic heterocycles. The second-order valence-electron chi connectivity index (χ2n) is 7.71. The largest absolute Gasteiger partial charge is 0.479 e. The minimum atomic E-state index is -2.02. The highest BCUT2D eigenvalue weighted by Crippen LogP contribution is 2.44. The first-order valence-corrected chi connectivity index (χ1v) is 10.1. The van der Waals surface area contributed by atoms with Crippen LogP contribution in [0.15, 0.2) is 48.5 Å². The zero-order chi connectivity index (χ0) is 22.4. The van der Waals surface area contributed by atoms with Gasteiger partial charge in [-0.1, -0.05) is 48.5 Å². The molecule has 0 heterocycles. The van der Waals surface area contributed by atoms with Crippen LogP contribution in [0.4, 0.5) is 4.79 Å². The molecule has 1 atom stereocenters. The van der Waals surface area contributed by atoms with Gasteiger partial charge in [0.1, 0.15) is 6.61 Å². The summed E-state index contributed by atoms with van der Waals surface area (Å²) in [4.78, 5) is 34.6. The highest BCUT2D eigenvalue weighted by Gasteiger charge is 2.30. The van der Waals surface area contributed by atoms with Gasteiger partial charge in [0.05, 0.1) is 6.54 Å². The van der Waals surface area contributed by atoms with Gasteiger partial charge in [-0.2, -0.15) is 0 Å². The van der Waals surface area contributed by atoms with Gasteiger partial charge >= 0.3 is 12.1 Å². The molecule has 2 aromatic carbocycles. The first-order valence-electron chi connectivity index (χ1n) is 10.1. The summed E-state index contributed by atoms with van der Waals surface area (Å²) in [5.41, 5.74) is 2.55. The van der Waals surface area contributed by atoms with Crippen LogP contribution >= 0.6 is 0 Å². The van der Waals surface area contributed by atoms with Gasteiger partial charge in [0.15, 0.2) is 5.60 Å². The molecular formula is C23H26N2O6. The number of aliphatic carboxylic acids is 1. The Morgan fingerprint density at radius 3 is 2.16 bits per heavy atom. The number of carboxylic acids is 1. The Hall–Kier alpha value is -3.39. The number of amides is 2. The van der Waals surface area contributed by atoms with Crippen molar-refractivity contribution < 1.29 is 29.3 Å². The highest BCUT2D eigenvalue weighted by molar-refractivity contribution is 5.80. The summed E-state index contributed by atoms with van der Waals surface area (Å²) in [5.74, 6) is -1.84. The van der Waals surface area contributed by atoms with Crippen LogP contribution in [0.25, 0.3) is 11.1 Å². The summed E-state index contributed by atoms with van der Waals surface area (Å²) in [6, 6.07) is 16.1. The smallest absolute Gasteiger partial charge is 0.407 e. The Labute approximate surface area is 180 Å². The molecule has 0 spiro atoms. The van der Waals surface area contributed by atoms with E-state index in [9.17, 15) is 19.5 Å². The lowest BCUT2D eigenvalue weighted by molar-refractivity contribution is -0.156. The molecule has 1 aliphatic rings. The number of rotatable bonds is 9. The third kappa shape index (κ3) is 5.40. The maximum atomic E-state index is 12.1. The van der Waals surface area contributed by atoms with Crippen molar-refractivity contribution in [2.75, 3.05) is 19.7 Å². The number of ether oxygens (including phenoxy) is 1. The van der Waals surface area contributed by atoms with Crippen LogP contribution in [0.2, 0.25) is 0 Å². The average molecular weight is 426 g/mol. The molecule has 0 radical (unpaired) electrons. The minimum Gasteiger partial charge on any atom is -0.479 e. The van der Waals surface area contributed by atoms with Crippen molar-refractivity contribution in [3.8, 4) is 11.1 Å². The van der Waals surface area contributed by atoms with Gasteiger partial charge in [-0.05, 0) is 35.6 Å². The zero-order valence-electron chi connectivity index (χ0n) is 17.3. The van der Waals surface area contributed by atoms with Crippen LogP contribution < -0.4 is 10.6 Å². The normalized spacial score (nSPS) is 14.1. The van der Waals surface area contributed by atoms with E-state index in [-0.39, 0.29) is 32.0 Å². The van der Waals surface area contributed by atoms with Gasteiger partial charge in [0, 0.05) is 18.9 Å². The van der Waals surface area contributed by atoms with Crippen LogP contribution in [0.3, 0.4) is 0 Å². The first-order chi connectivity index (χ1) is 14.8. The lowest BCUT2D eigenvalue weighted by Gasteiger charge is -2.18. The lowest BCUT2D eigenvalue weighted by Crippen LogP contribution is -2.46. The van der Waals surface area contributed by atoms with E-state index in [1.165, 1.54) is 0 Å². The van der Waals surface area contributed by atoms with E-state index in [1.54, 1.807) is 0 Å². The number of hydrogen-bond acceptors (Lipinski definition) is 5. The molecule has 0 saturated carbocycles. The third-order valence-corrected chi connectivity index (χ3v) is 5.28. The summed E-state index contributed by atoms with van der Waals surface area (Å²) in [7, 11) is 0. The second-order valence-corrected chi connectivity index (χ2v) is 7.71.